The third-order valence-corrected chi connectivity index (χ3v) is 6.55. The molecule has 1 fully saturated rings. The summed E-state index contributed by atoms with van der Waals surface area (Å²) in [5.74, 6) is 2.12. The molecular weight excluding hydrogens is 460 g/mol. The number of halogens is 1. The lowest BCUT2D eigenvalue weighted by molar-refractivity contribution is 0.116. The van der Waals surface area contributed by atoms with Crippen molar-refractivity contribution in [1.82, 2.24) is 14.9 Å². The van der Waals surface area contributed by atoms with E-state index in [0.717, 1.165) is 53.8 Å². The van der Waals surface area contributed by atoms with Gasteiger partial charge in [-0.1, -0.05) is 47.5 Å². The summed E-state index contributed by atoms with van der Waals surface area (Å²) in [6.07, 6.45) is 3.75. The highest BCUT2D eigenvalue weighted by Gasteiger charge is 2.20. The van der Waals surface area contributed by atoms with Crippen molar-refractivity contribution >= 4 is 34.0 Å². The minimum Gasteiger partial charge on any atom is -0.489 e. The van der Waals surface area contributed by atoms with Gasteiger partial charge in [0.1, 0.15) is 36.4 Å². The zero-order chi connectivity index (χ0) is 24.2. The van der Waals surface area contributed by atoms with Gasteiger partial charge in [-0.05, 0) is 62.7 Å². The van der Waals surface area contributed by atoms with Gasteiger partial charge >= 0.3 is 0 Å². The van der Waals surface area contributed by atoms with Crippen LogP contribution < -0.4 is 14.8 Å². The number of rotatable bonds is 7. The molecule has 0 saturated carbocycles. The summed E-state index contributed by atoms with van der Waals surface area (Å²) < 4.78 is 12.4. The fourth-order valence-electron chi connectivity index (χ4n) is 4.35. The van der Waals surface area contributed by atoms with E-state index in [1.165, 1.54) is 5.56 Å². The second kappa shape index (κ2) is 10.5. The summed E-state index contributed by atoms with van der Waals surface area (Å²) in [4.78, 5) is 11.3. The molecule has 0 unspecified atom stereocenters. The molecule has 1 aromatic heterocycles. The van der Waals surface area contributed by atoms with Crippen molar-refractivity contribution < 1.29 is 9.47 Å². The normalized spacial score (nSPS) is 14.7. The van der Waals surface area contributed by atoms with Gasteiger partial charge in [-0.15, -0.1) is 0 Å². The molecule has 35 heavy (non-hydrogen) atoms. The maximum Gasteiger partial charge on any atom is 0.145 e. The number of nitrogens with one attached hydrogen (secondary N) is 1. The Labute approximate surface area is 210 Å². The van der Waals surface area contributed by atoms with Crippen LogP contribution in [0.1, 0.15) is 24.0 Å². The van der Waals surface area contributed by atoms with Gasteiger partial charge in [-0.2, -0.15) is 0 Å². The van der Waals surface area contributed by atoms with E-state index >= 15 is 0 Å². The first-order chi connectivity index (χ1) is 17.0. The third kappa shape index (κ3) is 5.66. The topological polar surface area (TPSA) is 59.5 Å². The maximum absolute atomic E-state index is 6.56. The summed E-state index contributed by atoms with van der Waals surface area (Å²) in [6.45, 7) is 4.60. The molecule has 6 nitrogen and oxygen atoms in total. The summed E-state index contributed by atoms with van der Waals surface area (Å²) in [5.41, 5.74) is 3.95. The number of hydrogen-bond acceptors (Lipinski definition) is 6. The number of aryl methyl sites for hydroxylation is 1. The minimum atomic E-state index is 0.184. The molecule has 2 heterocycles. The lowest BCUT2D eigenvalue weighted by Gasteiger charge is -2.29. The third-order valence-electron chi connectivity index (χ3n) is 6.26. The molecule has 0 aliphatic carbocycles. The van der Waals surface area contributed by atoms with Crippen LogP contribution in [-0.2, 0) is 6.61 Å². The summed E-state index contributed by atoms with van der Waals surface area (Å²) in [6, 6.07) is 19.8. The molecule has 3 aromatic carbocycles. The molecule has 1 aliphatic heterocycles. The van der Waals surface area contributed by atoms with E-state index in [2.05, 4.69) is 46.3 Å². The second-order valence-corrected chi connectivity index (χ2v) is 9.45. The highest BCUT2D eigenvalue weighted by atomic mass is 35.5. The average molecular weight is 489 g/mol. The number of ether oxygens (including phenoxy) is 2. The summed E-state index contributed by atoms with van der Waals surface area (Å²) in [7, 11) is 2.15. The number of likely N-dealkylation sites (tertiary alicyclic amines) is 1. The summed E-state index contributed by atoms with van der Waals surface area (Å²) >= 11 is 6.56. The Hall–Kier alpha value is -3.35. The fraction of sp³-hybridized carbons (Fsp3) is 0.286. The van der Waals surface area contributed by atoms with E-state index in [9.17, 15) is 0 Å². The minimum absolute atomic E-state index is 0.184. The van der Waals surface area contributed by atoms with Gasteiger partial charge in [0.15, 0.2) is 0 Å². The largest absolute Gasteiger partial charge is 0.489 e. The number of aromatic nitrogens is 2. The zero-order valence-corrected chi connectivity index (χ0v) is 20.8. The van der Waals surface area contributed by atoms with Crippen LogP contribution >= 0.6 is 11.6 Å². The van der Waals surface area contributed by atoms with Gasteiger partial charge in [0.25, 0.3) is 0 Å². The molecule has 5 rings (SSSR count). The van der Waals surface area contributed by atoms with Gasteiger partial charge in [-0.3, -0.25) is 0 Å². The fourth-order valence-corrected chi connectivity index (χ4v) is 4.58. The van der Waals surface area contributed by atoms with E-state index in [4.69, 9.17) is 21.1 Å². The van der Waals surface area contributed by atoms with Gasteiger partial charge in [-0.25, -0.2) is 9.97 Å². The van der Waals surface area contributed by atoms with E-state index in [-0.39, 0.29) is 6.10 Å². The van der Waals surface area contributed by atoms with Crippen LogP contribution in [0.2, 0.25) is 5.02 Å². The Morgan fingerprint density at radius 3 is 2.63 bits per heavy atom. The quantitative estimate of drug-likeness (QED) is 0.325. The molecular formula is C28H29ClN4O2. The smallest absolute Gasteiger partial charge is 0.145 e. The number of nitrogens with zero attached hydrogens (tertiary/aromatic N) is 3. The Kier molecular flexibility index (Phi) is 7.02. The van der Waals surface area contributed by atoms with Crippen molar-refractivity contribution in [3.63, 3.8) is 0 Å². The molecule has 1 saturated heterocycles. The van der Waals surface area contributed by atoms with Crippen LogP contribution in [0.4, 0.5) is 11.5 Å². The Bertz CT molecular complexity index is 1320. The first-order valence-electron chi connectivity index (χ1n) is 11.9. The Morgan fingerprint density at radius 2 is 1.83 bits per heavy atom. The van der Waals surface area contributed by atoms with Crippen molar-refractivity contribution in [1.29, 1.82) is 0 Å². The van der Waals surface area contributed by atoms with Crippen molar-refractivity contribution in [3.05, 3.63) is 83.1 Å². The molecule has 0 bridgehead atoms. The van der Waals surface area contributed by atoms with E-state index in [0.29, 0.717) is 23.2 Å². The predicted molar refractivity (Wildman–Crippen MR) is 141 cm³/mol. The lowest BCUT2D eigenvalue weighted by atomic mass is 10.1. The first kappa shape index (κ1) is 23.4. The van der Waals surface area contributed by atoms with Crippen LogP contribution in [0.25, 0.3) is 10.9 Å². The summed E-state index contributed by atoms with van der Waals surface area (Å²) in [5, 5.41) is 4.80. The molecule has 0 amide bonds. The Balaban J connectivity index is 1.34. The molecule has 7 heteroatoms. The van der Waals surface area contributed by atoms with E-state index in [1.54, 1.807) is 6.33 Å². The lowest BCUT2D eigenvalue weighted by Crippen LogP contribution is -2.35. The molecule has 0 spiro atoms. The van der Waals surface area contributed by atoms with Crippen molar-refractivity contribution in [2.24, 2.45) is 0 Å². The number of hydrogen-bond donors (Lipinski definition) is 1. The monoisotopic (exact) mass is 488 g/mol. The van der Waals surface area contributed by atoms with Crippen molar-refractivity contribution in [2.45, 2.75) is 32.5 Å². The SMILES string of the molecule is Cc1cccc(COc2ccc(Nc3ncnc4cccc(OC5CCN(C)CC5)c34)cc2Cl)c1. The molecule has 1 N–H and O–H groups in total. The van der Waals surface area contributed by atoms with Gasteiger partial charge in [0, 0.05) is 18.8 Å². The van der Waals surface area contributed by atoms with Crippen molar-refractivity contribution in [2.75, 3.05) is 25.5 Å². The van der Waals surface area contributed by atoms with E-state index in [1.807, 2.05) is 48.5 Å². The van der Waals surface area contributed by atoms with Gasteiger partial charge in [0.2, 0.25) is 0 Å². The van der Waals surface area contributed by atoms with Crippen molar-refractivity contribution in [3.8, 4) is 11.5 Å². The molecule has 180 valence electrons. The van der Waals surface area contributed by atoms with Gasteiger partial charge < -0.3 is 19.7 Å². The average Bonchev–Trinajstić information content (AvgIpc) is 2.85. The number of anilines is 2. The van der Waals surface area contributed by atoms with Crippen LogP contribution in [0.15, 0.2) is 67.0 Å². The van der Waals surface area contributed by atoms with Crippen LogP contribution in [0.3, 0.4) is 0 Å². The molecule has 4 aromatic rings. The molecule has 0 radical (unpaired) electrons. The van der Waals surface area contributed by atoms with Crippen LogP contribution in [0, 0.1) is 6.92 Å². The molecule has 1 aliphatic rings. The first-order valence-corrected chi connectivity index (χ1v) is 12.3. The number of benzene rings is 3. The van der Waals surface area contributed by atoms with Gasteiger partial charge in [0.05, 0.1) is 15.9 Å². The second-order valence-electron chi connectivity index (χ2n) is 9.04. The number of piperidine rings is 1. The van der Waals surface area contributed by atoms with E-state index < -0.39 is 0 Å². The Morgan fingerprint density at radius 1 is 1.00 bits per heavy atom. The van der Waals surface area contributed by atoms with Crippen LogP contribution in [0.5, 0.6) is 11.5 Å². The number of fused-ring (bicyclic) bond motifs is 1. The predicted octanol–water partition coefficient (Wildman–Crippen LogP) is 6.39. The highest BCUT2D eigenvalue weighted by Crippen LogP contribution is 2.35. The zero-order valence-electron chi connectivity index (χ0n) is 20.0. The standard InChI is InChI=1S/C28H29ClN4O2/c1-19-5-3-6-20(15-19)17-34-25-10-9-21(16-23(25)29)32-28-27-24(30-18-31-28)7-4-8-26(27)35-22-11-13-33(2)14-12-22/h3-10,15-16,18,22H,11-14,17H2,1-2H3,(H,30,31,32). The van der Waals surface area contributed by atoms with Crippen LogP contribution in [-0.4, -0.2) is 41.1 Å². The maximum atomic E-state index is 6.56. The highest BCUT2D eigenvalue weighted by molar-refractivity contribution is 6.32. The molecule has 0 atom stereocenters.